The van der Waals surface area contributed by atoms with Gasteiger partial charge in [0.05, 0.1) is 34.7 Å². The van der Waals surface area contributed by atoms with Gasteiger partial charge in [-0.2, -0.15) is 0 Å². The van der Waals surface area contributed by atoms with Crippen LogP contribution in [0.5, 0.6) is 0 Å². The number of anilines is 1. The second kappa shape index (κ2) is 15.7. The number of benzene rings is 5. The Morgan fingerprint density at radius 1 is 0.774 bits per heavy atom. The number of hydrogen-bond acceptors (Lipinski definition) is 5. The monoisotopic (exact) mass is 699 g/mol. The van der Waals surface area contributed by atoms with Gasteiger partial charge in [0.1, 0.15) is 5.82 Å². The molecule has 2 aromatic heterocycles. The average Bonchev–Trinajstić information content (AvgIpc) is 3.78. The summed E-state index contributed by atoms with van der Waals surface area (Å²) in [5.41, 5.74) is 10.5. The van der Waals surface area contributed by atoms with E-state index in [1.807, 2.05) is 24.3 Å². The first-order chi connectivity index (χ1) is 26.2. The number of imidazole rings is 2. The van der Waals surface area contributed by atoms with E-state index in [-0.39, 0.29) is 11.9 Å². The van der Waals surface area contributed by atoms with Gasteiger partial charge in [0, 0.05) is 31.1 Å². The number of hydrogen-bond donors (Lipinski definition) is 1. The normalized spacial score (nSPS) is 13.1. The number of carbonyl (C=O) groups is 1. The lowest BCUT2D eigenvalue weighted by Crippen LogP contribution is -2.12. The first-order valence-corrected chi connectivity index (χ1v) is 18.8. The van der Waals surface area contributed by atoms with Gasteiger partial charge in [0.25, 0.3) is 0 Å². The van der Waals surface area contributed by atoms with E-state index in [0.29, 0.717) is 12.1 Å². The molecule has 0 bridgehead atoms. The van der Waals surface area contributed by atoms with E-state index in [1.165, 1.54) is 42.2 Å². The third kappa shape index (κ3) is 7.38. The van der Waals surface area contributed by atoms with Gasteiger partial charge in [0.15, 0.2) is 0 Å². The Balaban J connectivity index is 1.26. The van der Waals surface area contributed by atoms with Crippen molar-refractivity contribution in [2.75, 3.05) is 12.4 Å². The number of aryl methyl sites for hydroxylation is 2. The topological polar surface area (TPSA) is 74.0 Å². The summed E-state index contributed by atoms with van der Waals surface area (Å²) in [4.78, 5) is 23.1. The summed E-state index contributed by atoms with van der Waals surface area (Å²) >= 11 is 0. The molecule has 7 nitrogen and oxygen atoms in total. The van der Waals surface area contributed by atoms with E-state index >= 15 is 0 Å². The van der Waals surface area contributed by atoms with Crippen molar-refractivity contribution < 1.29 is 9.53 Å². The van der Waals surface area contributed by atoms with Gasteiger partial charge < -0.3 is 19.2 Å². The number of fused-ring (bicyclic) bond motifs is 2. The number of carbonyl (C=O) groups excluding carboxylic acids is 1. The van der Waals surface area contributed by atoms with E-state index < -0.39 is 0 Å². The molecule has 1 aliphatic carbocycles. The minimum atomic E-state index is -0.365. The molecular weight excluding hydrogens is 655 g/mol. The van der Waals surface area contributed by atoms with Crippen molar-refractivity contribution in [2.45, 2.75) is 64.1 Å². The van der Waals surface area contributed by atoms with E-state index in [1.54, 1.807) is 0 Å². The Hall–Kier alpha value is -5.95. The van der Waals surface area contributed by atoms with Gasteiger partial charge in [-0.25, -0.2) is 14.8 Å². The Labute approximate surface area is 311 Å². The summed E-state index contributed by atoms with van der Waals surface area (Å²) in [5.74, 6) is 1.55. The van der Waals surface area contributed by atoms with E-state index in [0.717, 1.165) is 78.2 Å². The third-order valence-corrected chi connectivity index (χ3v) is 10.6. The van der Waals surface area contributed by atoms with Crippen LogP contribution in [0.4, 0.5) is 5.95 Å². The van der Waals surface area contributed by atoms with Crippen LogP contribution in [0.3, 0.4) is 0 Å². The molecule has 0 saturated carbocycles. The Morgan fingerprint density at radius 3 is 2.21 bits per heavy atom. The molecule has 0 unspecified atom stereocenters. The molecular formula is C46H45N5O2. The Bertz CT molecular complexity index is 2320. The molecule has 0 radical (unpaired) electrons. The molecule has 0 fully saturated rings. The molecule has 0 aliphatic heterocycles. The van der Waals surface area contributed by atoms with Gasteiger partial charge >= 0.3 is 5.97 Å². The maximum absolute atomic E-state index is 12.6. The van der Waals surface area contributed by atoms with Crippen molar-refractivity contribution >= 4 is 34.0 Å². The van der Waals surface area contributed by atoms with E-state index in [4.69, 9.17) is 14.7 Å². The number of nitrogens with one attached hydrogen (secondary N) is 1. The van der Waals surface area contributed by atoms with Crippen LogP contribution >= 0.6 is 0 Å². The highest BCUT2D eigenvalue weighted by molar-refractivity contribution is 5.97. The predicted octanol–water partition coefficient (Wildman–Crippen LogP) is 10.6. The predicted molar refractivity (Wildman–Crippen MR) is 214 cm³/mol. The van der Waals surface area contributed by atoms with Crippen LogP contribution in [0.2, 0.25) is 0 Å². The number of nitrogens with zero attached hydrogens (tertiary/aromatic N) is 4. The van der Waals surface area contributed by atoms with Crippen molar-refractivity contribution in [1.82, 2.24) is 19.1 Å². The van der Waals surface area contributed by atoms with Crippen LogP contribution in [-0.4, -0.2) is 32.2 Å². The molecule has 0 atom stereocenters. The molecule has 7 heteroatoms. The Kier molecular flexibility index (Phi) is 10.1. The van der Waals surface area contributed by atoms with E-state index in [2.05, 4.69) is 124 Å². The van der Waals surface area contributed by atoms with Crippen molar-refractivity contribution in [2.24, 2.45) is 0 Å². The molecule has 0 amide bonds. The number of para-hydroxylation sites is 1. The zero-order chi connectivity index (χ0) is 36.0. The van der Waals surface area contributed by atoms with Gasteiger partial charge in [-0.3, -0.25) is 0 Å². The van der Waals surface area contributed by atoms with Crippen LogP contribution in [0.25, 0.3) is 33.5 Å². The fraction of sp³-hybridized carbons (Fsp3) is 0.239. The lowest BCUT2D eigenvalue weighted by Gasteiger charge is -2.20. The van der Waals surface area contributed by atoms with Crippen LogP contribution in [-0.2, 0) is 24.4 Å². The van der Waals surface area contributed by atoms with Gasteiger partial charge in [0.2, 0.25) is 5.95 Å². The molecule has 5 aromatic carbocycles. The largest absolute Gasteiger partial charge is 0.465 e. The molecule has 53 heavy (non-hydrogen) atoms. The molecule has 7 aromatic rings. The molecule has 266 valence electrons. The van der Waals surface area contributed by atoms with Crippen LogP contribution < -0.4 is 5.32 Å². The number of rotatable bonds is 13. The molecule has 2 heterocycles. The maximum atomic E-state index is 12.6. The summed E-state index contributed by atoms with van der Waals surface area (Å²) in [6.45, 7) is 2.19. The van der Waals surface area contributed by atoms with Crippen molar-refractivity contribution in [3.63, 3.8) is 0 Å². The summed E-state index contributed by atoms with van der Waals surface area (Å²) in [7, 11) is 1.42. The first kappa shape index (κ1) is 34.2. The fourth-order valence-corrected chi connectivity index (χ4v) is 7.84. The summed E-state index contributed by atoms with van der Waals surface area (Å²) in [6, 6.07) is 44.1. The van der Waals surface area contributed by atoms with Crippen molar-refractivity contribution in [1.29, 1.82) is 0 Å². The highest BCUT2D eigenvalue weighted by Gasteiger charge is 2.23. The zero-order valence-corrected chi connectivity index (χ0v) is 30.2. The second-order valence-electron chi connectivity index (χ2n) is 13.9. The molecule has 0 spiro atoms. The second-order valence-corrected chi connectivity index (χ2v) is 13.9. The van der Waals surface area contributed by atoms with Crippen LogP contribution in [0, 0.1) is 0 Å². The molecule has 0 saturated heterocycles. The number of ether oxygens (including phenoxy) is 1. The highest BCUT2D eigenvalue weighted by Crippen LogP contribution is 2.36. The number of esters is 1. The van der Waals surface area contributed by atoms with E-state index in [9.17, 15) is 4.79 Å². The zero-order valence-electron chi connectivity index (χ0n) is 30.2. The average molecular weight is 700 g/mol. The van der Waals surface area contributed by atoms with Crippen LogP contribution in [0.1, 0.15) is 71.5 Å². The first-order valence-electron chi connectivity index (χ1n) is 18.8. The smallest absolute Gasteiger partial charge is 0.337 e. The summed E-state index contributed by atoms with van der Waals surface area (Å²) in [6.07, 6.45) is 9.08. The van der Waals surface area contributed by atoms with Crippen molar-refractivity contribution in [3.8, 4) is 11.4 Å². The highest BCUT2D eigenvalue weighted by atomic mass is 16.5. The van der Waals surface area contributed by atoms with Crippen LogP contribution in [0.15, 0.2) is 139 Å². The number of methoxy groups -OCH3 is 1. The number of aromatic nitrogens is 4. The summed E-state index contributed by atoms with van der Waals surface area (Å²) < 4.78 is 9.78. The quantitative estimate of drug-likeness (QED) is 0.0958. The van der Waals surface area contributed by atoms with Crippen molar-refractivity contribution in [3.05, 3.63) is 161 Å². The minimum absolute atomic E-state index is 0.203. The number of allylic oxidation sites excluding steroid dienone is 2. The Morgan fingerprint density at radius 2 is 1.51 bits per heavy atom. The SMILES string of the molecule is COC(=O)c1ccc2c(c1)nc(-c1cccc3nc(NCc4ccccc4)n(CCC(c4ccccc4)c4ccccc4)c13)n2CCC1=CCCCC1. The molecule has 1 aliphatic rings. The van der Waals surface area contributed by atoms with Gasteiger partial charge in [-0.05, 0) is 85.5 Å². The standard InChI is InChI=1S/C46H45N5O2/c1-53-45(52)37-25-26-42-41(31-37)48-44(50(42)29-27-33-15-6-2-7-16-33)39-23-14-24-40-43(39)51(46(49-40)47-32-34-17-8-3-9-18-34)30-28-38(35-19-10-4-11-20-35)36-21-12-5-13-22-36/h3-5,8-15,17-26,31,38H,2,6-7,16,27-30,32H2,1H3,(H,47,49). The lowest BCUT2D eigenvalue weighted by molar-refractivity contribution is 0.0601. The maximum Gasteiger partial charge on any atom is 0.337 e. The summed E-state index contributed by atoms with van der Waals surface area (Å²) in [5, 5.41) is 3.70. The lowest BCUT2D eigenvalue weighted by atomic mass is 9.88. The van der Waals surface area contributed by atoms with Gasteiger partial charge in [-0.15, -0.1) is 0 Å². The fourth-order valence-electron chi connectivity index (χ4n) is 7.84. The molecule has 8 rings (SSSR count). The molecule has 1 N–H and O–H groups in total. The minimum Gasteiger partial charge on any atom is -0.465 e. The third-order valence-electron chi connectivity index (χ3n) is 10.6. The van der Waals surface area contributed by atoms with Gasteiger partial charge in [-0.1, -0.05) is 109 Å².